The van der Waals surface area contributed by atoms with E-state index in [2.05, 4.69) is 159 Å². The second kappa shape index (κ2) is 11.6. The molecule has 0 fully saturated rings. The van der Waals surface area contributed by atoms with Gasteiger partial charge in [-0.25, -0.2) is 0 Å². The molecule has 202 valence electrons. The van der Waals surface area contributed by atoms with Crippen LogP contribution in [0, 0.1) is 6.92 Å². The second-order valence-corrected chi connectivity index (χ2v) is 12.8. The van der Waals surface area contributed by atoms with Crippen molar-refractivity contribution in [2.24, 2.45) is 0 Å². The monoisotopic (exact) mass is 558 g/mol. The van der Waals surface area contributed by atoms with Crippen LogP contribution >= 0.6 is 7.92 Å². The molecule has 0 unspecified atom stereocenters. The van der Waals surface area contributed by atoms with Gasteiger partial charge in [-0.1, -0.05) is 152 Å². The standard InChI is InChI=1S/C40H31OP/c1-29-27-32-18-12-14-24-36(32)39(40(29)41-28-30-15-5-2-6-16-30)38-35-23-13-11-17-31(35)25-26-37(38)42(33-19-7-3-8-20-33)34-21-9-4-10-22-34/h2-27H,28H2,1H3. The van der Waals surface area contributed by atoms with Crippen molar-refractivity contribution in [3.63, 3.8) is 0 Å². The molecule has 7 aromatic carbocycles. The highest BCUT2D eigenvalue weighted by Crippen LogP contribution is 2.46. The number of hydrogen-bond donors (Lipinski definition) is 0. The van der Waals surface area contributed by atoms with Crippen LogP contribution in [0.1, 0.15) is 11.1 Å². The fraction of sp³-hybridized carbons (Fsp3) is 0.0500. The van der Waals surface area contributed by atoms with Crippen molar-refractivity contribution in [1.82, 2.24) is 0 Å². The Kier molecular flexibility index (Phi) is 7.27. The first-order valence-electron chi connectivity index (χ1n) is 14.4. The lowest BCUT2D eigenvalue weighted by Crippen LogP contribution is -2.22. The summed E-state index contributed by atoms with van der Waals surface area (Å²) in [6.45, 7) is 2.69. The number of hydrogen-bond acceptors (Lipinski definition) is 1. The van der Waals surface area contributed by atoms with Crippen molar-refractivity contribution in [2.75, 3.05) is 0 Å². The Hall–Kier alpha value is -4.71. The molecule has 42 heavy (non-hydrogen) atoms. The van der Waals surface area contributed by atoms with Crippen molar-refractivity contribution in [3.05, 3.63) is 169 Å². The van der Waals surface area contributed by atoms with Gasteiger partial charge in [0.15, 0.2) is 0 Å². The lowest BCUT2D eigenvalue weighted by molar-refractivity contribution is 0.306. The molecular weight excluding hydrogens is 527 g/mol. The zero-order valence-corrected chi connectivity index (χ0v) is 24.5. The van der Waals surface area contributed by atoms with Crippen LogP contribution in [0.25, 0.3) is 32.7 Å². The summed E-state index contributed by atoms with van der Waals surface area (Å²) in [4.78, 5) is 0. The predicted molar refractivity (Wildman–Crippen MR) is 181 cm³/mol. The Bertz CT molecular complexity index is 1940. The van der Waals surface area contributed by atoms with E-state index in [-0.39, 0.29) is 0 Å². The number of rotatable bonds is 7. The smallest absolute Gasteiger partial charge is 0.131 e. The molecule has 7 aromatic rings. The van der Waals surface area contributed by atoms with Gasteiger partial charge in [0.1, 0.15) is 12.4 Å². The Labute approximate surface area is 248 Å². The zero-order valence-electron chi connectivity index (χ0n) is 23.6. The number of ether oxygens (including phenoxy) is 1. The molecule has 0 N–H and O–H groups in total. The molecule has 1 nitrogen and oxygen atoms in total. The van der Waals surface area contributed by atoms with E-state index in [0.717, 1.165) is 16.9 Å². The van der Waals surface area contributed by atoms with Gasteiger partial charge in [0.25, 0.3) is 0 Å². The highest BCUT2D eigenvalue weighted by atomic mass is 31.1. The largest absolute Gasteiger partial charge is 0.488 e. The molecule has 0 amide bonds. The molecule has 0 bridgehead atoms. The van der Waals surface area contributed by atoms with Gasteiger partial charge in [0, 0.05) is 11.1 Å². The molecule has 0 radical (unpaired) electrons. The number of aryl methyl sites for hydroxylation is 1. The van der Waals surface area contributed by atoms with Crippen LogP contribution in [0.5, 0.6) is 5.75 Å². The third kappa shape index (κ3) is 4.98. The van der Waals surface area contributed by atoms with Gasteiger partial charge in [-0.2, -0.15) is 0 Å². The lowest BCUT2D eigenvalue weighted by Gasteiger charge is -2.26. The normalized spacial score (nSPS) is 11.3. The third-order valence-corrected chi connectivity index (χ3v) is 10.3. The number of fused-ring (bicyclic) bond motifs is 2. The van der Waals surface area contributed by atoms with Crippen LogP contribution in [-0.2, 0) is 6.61 Å². The van der Waals surface area contributed by atoms with Crippen molar-refractivity contribution in [1.29, 1.82) is 0 Å². The molecule has 0 aliphatic rings. The average molecular weight is 559 g/mol. The van der Waals surface area contributed by atoms with E-state index >= 15 is 0 Å². The minimum atomic E-state index is -0.850. The summed E-state index contributed by atoms with van der Waals surface area (Å²) in [6.07, 6.45) is 0. The third-order valence-electron chi connectivity index (χ3n) is 7.84. The molecule has 0 saturated heterocycles. The predicted octanol–water partition coefficient (Wildman–Crippen LogP) is 9.31. The van der Waals surface area contributed by atoms with Crippen LogP contribution in [-0.4, -0.2) is 0 Å². The van der Waals surface area contributed by atoms with E-state index in [0.29, 0.717) is 6.61 Å². The maximum absolute atomic E-state index is 6.82. The van der Waals surface area contributed by atoms with Crippen LogP contribution in [0.2, 0.25) is 0 Å². The first-order valence-corrected chi connectivity index (χ1v) is 15.7. The maximum atomic E-state index is 6.82. The van der Waals surface area contributed by atoms with Crippen molar-refractivity contribution < 1.29 is 4.74 Å². The lowest BCUT2D eigenvalue weighted by atomic mass is 9.91. The molecule has 0 aliphatic carbocycles. The molecule has 7 rings (SSSR count). The highest BCUT2D eigenvalue weighted by molar-refractivity contribution is 7.80. The van der Waals surface area contributed by atoms with Gasteiger partial charge in [-0.15, -0.1) is 0 Å². The van der Waals surface area contributed by atoms with E-state index in [1.807, 2.05) is 6.07 Å². The summed E-state index contributed by atoms with van der Waals surface area (Å²) >= 11 is 0. The van der Waals surface area contributed by atoms with Crippen LogP contribution in [0.4, 0.5) is 0 Å². The summed E-state index contributed by atoms with van der Waals surface area (Å²) in [5.74, 6) is 0.950. The first kappa shape index (κ1) is 26.2. The first-order chi connectivity index (χ1) is 20.8. The summed E-state index contributed by atoms with van der Waals surface area (Å²) in [6, 6.07) is 56.8. The van der Waals surface area contributed by atoms with Crippen molar-refractivity contribution in [3.8, 4) is 16.9 Å². The summed E-state index contributed by atoms with van der Waals surface area (Å²) in [5, 5.41) is 8.90. The van der Waals surface area contributed by atoms with Crippen LogP contribution in [0.3, 0.4) is 0 Å². The maximum Gasteiger partial charge on any atom is 0.131 e. The van der Waals surface area contributed by atoms with Gasteiger partial charge < -0.3 is 4.74 Å². The van der Waals surface area contributed by atoms with E-state index in [4.69, 9.17) is 4.74 Å². The molecule has 2 heteroatoms. The summed E-state index contributed by atoms with van der Waals surface area (Å²) < 4.78 is 6.82. The second-order valence-electron chi connectivity index (χ2n) is 10.6. The minimum Gasteiger partial charge on any atom is -0.488 e. The molecule has 0 heterocycles. The van der Waals surface area contributed by atoms with E-state index < -0.39 is 7.92 Å². The van der Waals surface area contributed by atoms with Crippen LogP contribution in [0.15, 0.2) is 158 Å². The Balaban J connectivity index is 1.57. The van der Waals surface area contributed by atoms with E-state index in [9.17, 15) is 0 Å². The fourth-order valence-electron chi connectivity index (χ4n) is 5.92. The van der Waals surface area contributed by atoms with Gasteiger partial charge in [-0.3, -0.25) is 0 Å². The highest BCUT2D eigenvalue weighted by Gasteiger charge is 2.26. The van der Waals surface area contributed by atoms with Gasteiger partial charge in [-0.05, 0) is 69.5 Å². The van der Waals surface area contributed by atoms with Gasteiger partial charge in [0.05, 0.1) is 0 Å². The molecular formula is C40H31OP. The number of benzene rings is 7. The van der Waals surface area contributed by atoms with Crippen molar-refractivity contribution in [2.45, 2.75) is 13.5 Å². The van der Waals surface area contributed by atoms with E-state index in [1.54, 1.807) is 0 Å². The quantitative estimate of drug-likeness (QED) is 0.177. The molecule has 0 aliphatic heterocycles. The topological polar surface area (TPSA) is 9.23 Å². The summed E-state index contributed by atoms with van der Waals surface area (Å²) in [5.41, 5.74) is 4.73. The minimum absolute atomic E-state index is 0.513. The molecule has 0 atom stereocenters. The van der Waals surface area contributed by atoms with Crippen molar-refractivity contribution >= 4 is 45.4 Å². The molecule has 0 aromatic heterocycles. The summed E-state index contributed by atoms with van der Waals surface area (Å²) in [7, 11) is -0.850. The zero-order chi connectivity index (χ0) is 28.3. The van der Waals surface area contributed by atoms with Crippen LogP contribution < -0.4 is 20.7 Å². The average Bonchev–Trinajstić information content (AvgIpc) is 3.05. The van der Waals surface area contributed by atoms with E-state index in [1.165, 1.54) is 48.6 Å². The Morgan fingerprint density at radius 3 is 1.67 bits per heavy atom. The molecule has 0 saturated carbocycles. The van der Waals surface area contributed by atoms with Gasteiger partial charge in [0.2, 0.25) is 0 Å². The SMILES string of the molecule is Cc1cc2ccccc2c(-c2c(P(c3ccccc3)c3ccccc3)ccc3ccccc23)c1OCc1ccccc1. The molecule has 0 spiro atoms. The van der Waals surface area contributed by atoms with Gasteiger partial charge >= 0.3 is 0 Å². The fourth-order valence-corrected chi connectivity index (χ4v) is 8.40. The Morgan fingerprint density at radius 2 is 1.02 bits per heavy atom. The Morgan fingerprint density at radius 1 is 0.500 bits per heavy atom.